The van der Waals surface area contributed by atoms with Gasteiger partial charge in [-0.1, -0.05) is 62.4 Å². The van der Waals surface area contributed by atoms with Crippen LogP contribution in [0.1, 0.15) is 83.5 Å². The molecule has 1 aliphatic rings. The average Bonchev–Trinajstić information content (AvgIpc) is 3.45. The second kappa shape index (κ2) is 15.9. The molecule has 0 spiro atoms. The van der Waals surface area contributed by atoms with Crippen molar-refractivity contribution >= 4 is 23.4 Å². The van der Waals surface area contributed by atoms with Crippen molar-refractivity contribution in [3.05, 3.63) is 101 Å². The van der Waals surface area contributed by atoms with E-state index in [1.165, 1.54) is 12.1 Å². The fourth-order valence-electron chi connectivity index (χ4n) is 4.66. The zero-order chi connectivity index (χ0) is 31.4. The lowest BCUT2D eigenvalue weighted by Gasteiger charge is -2.19. The molecule has 0 aromatic heterocycles. The van der Waals surface area contributed by atoms with E-state index in [9.17, 15) is 27.6 Å². The highest BCUT2D eigenvalue weighted by Crippen LogP contribution is 2.29. The smallest absolute Gasteiger partial charge is 0.352 e. The van der Waals surface area contributed by atoms with Crippen LogP contribution in [0, 0.1) is 0 Å². The summed E-state index contributed by atoms with van der Waals surface area (Å²) < 4.78 is 38.7. The first-order valence-corrected chi connectivity index (χ1v) is 14.6. The number of nitrogens with zero attached hydrogens (tertiary/aromatic N) is 1. The van der Waals surface area contributed by atoms with E-state index in [2.05, 4.69) is 16.0 Å². The van der Waals surface area contributed by atoms with Crippen molar-refractivity contribution in [3.8, 4) is 0 Å². The normalized spacial score (nSPS) is 13.6. The molecule has 10 heteroatoms. The average molecular weight is 597 g/mol. The molecule has 3 aromatic rings. The number of hydrogen-bond acceptors (Lipinski definition) is 4. The third-order valence-electron chi connectivity index (χ3n) is 6.87. The fraction of sp³-hybridized carbons (Fsp3) is 0.364. The summed E-state index contributed by atoms with van der Waals surface area (Å²) in [7, 11) is 0. The van der Waals surface area contributed by atoms with Crippen LogP contribution in [0.3, 0.4) is 0 Å². The molecule has 3 N–H and O–H groups in total. The molecule has 0 aliphatic carbocycles. The maximum Gasteiger partial charge on any atom is 0.416 e. The quantitative estimate of drug-likeness (QED) is 0.228. The number of carbonyl (C=O) groups is 3. The van der Waals surface area contributed by atoms with E-state index in [1.54, 1.807) is 23.1 Å². The summed E-state index contributed by atoms with van der Waals surface area (Å²) in [6.07, 6.45) is -2.73. The van der Waals surface area contributed by atoms with Crippen LogP contribution in [0.25, 0.3) is 0 Å². The van der Waals surface area contributed by atoms with Crippen molar-refractivity contribution in [2.24, 2.45) is 0 Å². The minimum atomic E-state index is -4.39. The molecule has 0 radical (unpaired) electrons. The Morgan fingerprint density at radius 3 is 2.26 bits per heavy atom. The van der Waals surface area contributed by atoms with Crippen molar-refractivity contribution in [3.63, 3.8) is 0 Å². The lowest BCUT2D eigenvalue weighted by molar-refractivity contribution is -0.137. The summed E-state index contributed by atoms with van der Waals surface area (Å²) in [6, 6.07) is 19.1. The highest BCUT2D eigenvalue weighted by Gasteiger charge is 2.30. The number of nitrogens with one attached hydrogen (secondary N) is 3. The molecule has 230 valence electrons. The van der Waals surface area contributed by atoms with Gasteiger partial charge in [-0.15, -0.1) is 0 Å². The molecule has 1 atom stereocenters. The molecule has 1 saturated heterocycles. The molecule has 43 heavy (non-hydrogen) atoms. The first kappa shape index (κ1) is 33.3. The predicted molar refractivity (Wildman–Crippen MR) is 162 cm³/mol. The van der Waals surface area contributed by atoms with Gasteiger partial charge in [-0.25, -0.2) is 0 Å². The largest absolute Gasteiger partial charge is 0.416 e. The SMILES string of the molecule is CC.C[C@@H](NC(=O)c1cc(C(=O)NCCCNCc2cccc(C(F)(F)F)c2)cc(N2CCCC2=O)c1)c1ccccc1. The maximum absolute atomic E-state index is 13.2. The minimum Gasteiger partial charge on any atom is -0.352 e. The van der Waals surface area contributed by atoms with Crippen molar-refractivity contribution in [1.29, 1.82) is 0 Å². The molecule has 3 aromatic carbocycles. The van der Waals surface area contributed by atoms with Crippen molar-refractivity contribution < 1.29 is 27.6 Å². The van der Waals surface area contributed by atoms with Gasteiger partial charge in [0.05, 0.1) is 11.6 Å². The summed E-state index contributed by atoms with van der Waals surface area (Å²) in [4.78, 5) is 40.2. The Hall–Kier alpha value is -4.18. The first-order chi connectivity index (χ1) is 20.6. The van der Waals surface area contributed by atoms with E-state index >= 15 is 0 Å². The summed E-state index contributed by atoms with van der Waals surface area (Å²) >= 11 is 0. The van der Waals surface area contributed by atoms with Gasteiger partial charge in [0.1, 0.15) is 0 Å². The van der Waals surface area contributed by atoms with Gasteiger partial charge in [-0.3, -0.25) is 14.4 Å². The van der Waals surface area contributed by atoms with Gasteiger partial charge >= 0.3 is 6.18 Å². The molecule has 1 heterocycles. The van der Waals surface area contributed by atoms with Gasteiger partial charge in [0.2, 0.25) is 5.91 Å². The lowest BCUT2D eigenvalue weighted by atomic mass is 10.0. The van der Waals surface area contributed by atoms with E-state index in [4.69, 9.17) is 0 Å². The Bertz CT molecular complexity index is 1380. The van der Waals surface area contributed by atoms with Crippen molar-refractivity contribution in [1.82, 2.24) is 16.0 Å². The molecular formula is C33H39F3N4O3. The number of benzene rings is 3. The zero-order valence-electron chi connectivity index (χ0n) is 24.8. The number of carbonyl (C=O) groups excluding carboxylic acids is 3. The van der Waals surface area contributed by atoms with Gasteiger partial charge in [0.25, 0.3) is 11.8 Å². The third-order valence-corrected chi connectivity index (χ3v) is 6.87. The third kappa shape index (κ3) is 9.68. The topological polar surface area (TPSA) is 90.5 Å². The van der Waals surface area contributed by atoms with E-state index in [-0.39, 0.29) is 41.4 Å². The molecule has 1 fully saturated rings. The van der Waals surface area contributed by atoms with E-state index in [0.29, 0.717) is 50.1 Å². The van der Waals surface area contributed by atoms with Gasteiger partial charge in [-0.2, -0.15) is 13.2 Å². The van der Waals surface area contributed by atoms with Gasteiger partial charge in [-0.05, 0) is 61.7 Å². The summed E-state index contributed by atoms with van der Waals surface area (Å²) in [6.45, 7) is 7.44. The monoisotopic (exact) mass is 596 g/mol. The van der Waals surface area contributed by atoms with Crippen LogP contribution in [0.4, 0.5) is 18.9 Å². The molecule has 0 bridgehead atoms. The molecule has 0 saturated carbocycles. The molecule has 1 aliphatic heterocycles. The Labute approximate surface area is 250 Å². The highest BCUT2D eigenvalue weighted by atomic mass is 19.4. The van der Waals surface area contributed by atoms with E-state index in [1.807, 2.05) is 51.1 Å². The second-order valence-electron chi connectivity index (χ2n) is 10.0. The number of rotatable bonds is 11. The standard InChI is InChI=1S/C31H33F3N4O3.C2H6/c1-21(23-9-3-2-4-10-23)37-30(41)25-17-24(18-27(19-25)38-15-6-12-28(38)39)29(40)36-14-7-13-35-20-22-8-5-11-26(16-22)31(32,33)34;1-2/h2-5,8-11,16-19,21,35H,6-7,12-15,20H2,1H3,(H,36,40)(H,37,41);1-2H3/t21-;/m1./s1. The lowest BCUT2D eigenvalue weighted by Crippen LogP contribution is -2.30. The first-order valence-electron chi connectivity index (χ1n) is 14.6. The van der Waals surface area contributed by atoms with Crippen LogP contribution in [-0.4, -0.2) is 37.4 Å². The highest BCUT2D eigenvalue weighted by molar-refractivity contribution is 6.03. The fourth-order valence-corrected chi connectivity index (χ4v) is 4.66. The molecule has 7 nitrogen and oxygen atoms in total. The Morgan fingerprint density at radius 1 is 0.907 bits per heavy atom. The van der Waals surface area contributed by atoms with Gasteiger partial charge in [0, 0.05) is 42.9 Å². The summed E-state index contributed by atoms with van der Waals surface area (Å²) in [5, 5.41) is 8.86. The Morgan fingerprint density at radius 2 is 1.60 bits per heavy atom. The Balaban J connectivity index is 0.00000248. The number of amides is 3. The van der Waals surface area contributed by atoms with Gasteiger partial charge < -0.3 is 20.9 Å². The maximum atomic E-state index is 13.2. The minimum absolute atomic E-state index is 0.0570. The van der Waals surface area contributed by atoms with Crippen LogP contribution in [0.15, 0.2) is 72.8 Å². The van der Waals surface area contributed by atoms with Crippen LogP contribution in [0.2, 0.25) is 0 Å². The van der Waals surface area contributed by atoms with Crippen molar-refractivity contribution in [2.75, 3.05) is 24.5 Å². The van der Waals surface area contributed by atoms with Crippen LogP contribution < -0.4 is 20.9 Å². The molecule has 4 rings (SSSR count). The summed E-state index contributed by atoms with van der Waals surface area (Å²) in [5.41, 5.74) is 1.80. The number of halogens is 3. The van der Waals surface area contributed by atoms with Crippen LogP contribution in [0.5, 0.6) is 0 Å². The number of anilines is 1. The zero-order valence-corrected chi connectivity index (χ0v) is 24.8. The van der Waals surface area contributed by atoms with Crippen LogP contribution >= 0.6 is 0 Å². The van der Waals surface area contributed by atoms with E-state index < -0.39 is 11.7 Å². The number of alkyl halides is 3. The predicted octanol–water partition coefficient (Wildman–Crippen LogP) is 6.26. The van der Waals surface area contributed by atoms with Crippen LogP contribution in [-0.2, 0) is 17.5 Å². The molecular weight excluding hydrogens is 557 g/mol. The second-order valence-corrected chi connectivity index (χ2v) is 10.0. The van der Waals surface area contributed by atoms with Crippen molar-refractivity contribution in [2.45, 2.75) is 58.8 Å². The van der Waals surface area contributed by atoms with E-state index in [0.717, 1.165) is 17.7 Å². The van der Waals surface area contributed by atoms with Gasteiger partial charge in [0.15, 0.2) is 0 Å². The molecule has 3 amide bonds. The summed E-state index contributed by atoms with van der Waals surface area (Å²) in [5.74, 6) is -0.803. The number of hydrogen-bond donors (Lipinski definition) is 3. The molecule has 0 unspecified atom stereocenters. The Kier molecular flexibility index (Phi) is 12.3.